The summed E-state index contributed by atoms with van der Waals surface area (Å²) in [5, 5.41) is 12.6. The highest BCUT2D eigenvalue weighted by Crippen LogP contribution is 2.10. The normalized spacial score (nSPS) is 18.8. The summed E-state index contributed by atoms with van der Waals surface area (Å²) in [6.45, 7) is 4.97. The molecule has 0 spiro atoms. The molecular formula is C8H20N2OS. The first-order chi connectivity index (χ1) is 5.65. The molecule has 0 heterocycles. The first-order valence-electron chi connectivity index (χ1n) is 4.25. The number of nitrogens with two attached hydrogens (primary N) is 1. The maximum absolute atomic E-state index is 8.99. The van der Waals surface area contributed by atoms with Gasteiger partial charge in [-0.25, -0.2) is 0 Å². The van der Waals surface area contributed by atoms with Gasteiger partial charge < -0.3 is 16.2 Å². The number of hydrogen-bond acceptors (Lipinski definition) is 4. The van der Waals surface area contributed by atoms with Gasteiger partial charge in [-0.2, -0.15) is 11.8 Å². The zero-order chi connectivity index (χ0) is 9.56. The lowest BCUT2D eigenvalue weighted by atomic mass is 10.2. The second kappa shape index (κ2) is 6.71. The van der Waals surface area contributed by atoms with Gasteiger partial charge in [0.15, 0.2) is 0 Å². The summed E-state index contributed by atoms with van der Waals surface area (Å²) < 4.78 is 0. The summed E-state index contributed by atoms with van der Waals surface area (Å²) in [4.78, 5) is 0. The van der Waals surface area contributed by atoms with E-state index < -0.39 is 0 Å². The number of aliphatic hydroxyl groups excluding tert-OH is 1. The van der Waals surface area contributed by atoms with E-state index in [9.17, 15) is 0 Å². The fourth-order valence-corrected chi connectivity index (χ4v) is 1.70. The van der Waals surface area contributed by atoms with E-state index in [0.29, 0.717) is 18.6 Å². The molecule has 0 radical (unpaired) electrons. The Kier molecular flexibility index (Phi) is 6.84. The van der Waals surface area contributed by atoms with Crippen molar-refractivity contribution >= 4 is 11.8 Å². The number of nitrogens with one attached hydrogen (secondary N) is 1. The largest absolute Gasteiger partial charge is 0.395 e. The van der Waals surface area contributed by atoms with Crippen molar-refractivity contribution < 1.29 is 5.11 Å². The van der Waals surface area contributed by atoms with Crippen LogP contribution in [-0.4, -0.2) is 41.8 Å². The van der Waals surface area contributed by atoms with Crippen LogP contribution in [0.1, 0.15) is 13.8 Å². The van der Waals surface area contributed by atoms with Crippen molar-refractivity contribution in [2.45, 2.75) is 31.2 Å². The SMILES string of the molecule is CSC(CO)C(C)NC(C)CN. The first-order valence-corrected chi connectivity index (χ1v) is 5.54. The highest BCUT2D eigenvalue weighted by atomic mass is 32.2. The van der Waals surface area contributed by atoms with Gasteiger partial charge in [0.25, 0.3) is 0 Å². The van der Waals surface area contributed by atoms with Gasteiger partial charge >= 0.3 is 0 Å². The van der Waals surface area contributed by atoms with Gasteiger partial charge in [0.1, 0.15) is 0 Å². The molecule has 3 unspecified atom stereocenters. The van der Waals surface area contributed by atoms with Crippen LogP contribution in [0.4, 0.5) is 0 Å². The van der Waals surface area contributed by atoms with Gasteiger partial charge in [-0.3, -0.25) is 0 Å². The molecule has 3 atom stereocenters. The minimum Gasteiger partial charge on any atom is -0.395 e. The van der Waals surface area contributed by atoms with Gasteiger partial charge in [-0.15, -0.1) is 0 Å². The summed E-state index contributed by atoms with van der Waals surface area (Å²) in [6, 6.07) is 0.629. The van der Waals surface area contributed by atoms with Crippen molar-refractivity contribution in [2.75, 3.05) is 19.4 Å². The van der Waals surface area contributed by atoms with E-state index in [1.807, 2.05) is 13.2 Å². The Hall–Kier alpha value is 0.230. The predicted molar refractivity (Wildman–Crippen MR) is 55.5 cm³/mol. The van der Waals surface area contributed by atoms with Crippen molar-refractivity contribution in [3.05, 3.63) is 0 Å². The van der Waals surface area contributed by atoms with E-state index >= 15 is 0 Å². The second-order valence-electron chi connectivity index (χ2n) is 3.05. The number of hydrogen-bond donors (Lipinski definition) is 3. The molecule has 0 aromatic carbocycles. The zero-order valence-corrected chi connectivity index (χ0v) is 8.90. The van der Waals surface area contributed by atoms with Crippen LogP contribution in [0, 0.1) is 0 Å². The lowest BCUT2D eigenvalue weighted by Gasteiger charge is -2.24. The number of thioether (sulfide) groups is 1. The van der Waals surface area contributed by atoms with Crippen molar-refractivity contribution in [3.8, 4) is 0 Å². The molecule has 0 saturated carbocycles. The zero-order valence-electron chi connectivity index (χ0n) is 8.08. The van der Waals surface area contributed by atoms with Crippen molar-refractivity contribution in [3.63, 3.8) is 0 Å². The van der Waals surface area contributed by atoms with Crippen LogP contribution in [0.5, 0.6) is 0 Å². The highest BCUT2D eigenvalue weighted by molar-refractivity contribution is 7.99. The average molecular weight is 192 g/mol. The molecule has 74 valence electrons. The van der Waals surface area contributed by atoms with Gasteiger partial charge in [0.2, 0.25) is 0 Å². The molecule has 3 nitrogen and oxygen atoms in total. The van der Waals surface area contributed by atoms with Crippen LogP contribution < -0.4 is 11.1 Å². The van der Waals surface area contributed by atoms with Crippen LogP contribution in [-0.2, 0) is 0 Å². The van der Waals surface area contributed by atoms with Crippen LogP contribution in [0.2, 0.25) is 0 Å². The Morgan fingerprint density at radius 2 is 2.08 bits per heavy atom. The number of aliphatic hydroxyl groups is 1. The lowest BCUT2D eigenvalue weighted by molar-refractivity contribution is 0.272. The fourth-order valence-electron chi connectivity index (χ4n) is 1.06. The van der Waals surface area contributed by atoms with Gasteiger partial charge in [-0.05, 0) is 20.1 Å². The maximum Gasteiger partial charge on any atom is 0.0564 e. The third-order valence-corrected chi connectivity index (χ3v) is 3.10. The first kappa shape index (κ1) is 12.2. The van der Waals surface area contributed by atoms with Crippen LogP contribution in [0.3, 0.4) is 0 Å². The molecule has 0 aliphatic rings. The van der Waals surface area contributed by atoms with Crippen LogP contribution >= 0.6 is 11.8 Å². The van der Waals surface area contributed by atoms with Gasteiger partial charge in [0, 0.05) is 23.9 Å². The molecule has 12 heavy (non-hydrogen) atoms. The molecule has 4 heteroatoms. The average Bonchev–Trinajstić information content (AvgIpc) is 2.06. The fraction of sp³-hybridized carbons (Fsp3) is 1.00. The summed E-state index contributed by atoms with van der Waals surface area (Å²) in [6.07, 6.45) is 2.01. The molecule has 0 aromatic rings. The van der Waals surface area contributed by atoms with Crippen molar-refractivity contribution in [1.29, 1.82) is 0 Å². The molecule has 4 N–H and O–H groups in total. The second-order valence-corrected chi connectivity index (χ2v) is 4.13. The minimum atomic E-state index is 0.215. The third kappa shape index (κ3) is 4.30. The lowest BCUT2D eigenvalue weighted by Crippen LogP contribution is -2.45. The molecule has 0 fully saturated rings. The number of rotatable bonds is 6. The van der Waals surface area contributed by atoms with E-state index in [0.717, 1.165) is 0 Å². The Morgan fingerprint density at radius 3 is 2.42 bits per heavy atom. The molecule has 0 rings (SSSR count). The molecule has 0 amide bonds. The molecule has 0 aliphatic carbocycles. The molecular weight excluding hydrogens is 172 g/mol. The Balaban J connectivity index is 3.75. The summed E-state index contributed by atoms with van der Waals surface area (Å²) in [5.74, 6) is 0. The minimum absolute atomic E-state index is 0.215. The summed E-state index contributed by atoms with van der Waals surface area (Å²) in [7, 11) is 0. The highest BCUT2D eigenvalue weighted by Gasteiger charge is 2.15. The van der Waals surface area contributed by atoms with Gasteiger partial charge in [0.05, 0.1) is 6.61 Å². The topological polar surface area (TPSA) is 58.3 Å². The predicted octanol–water partition coefficient (Wildman–Crippen LogP) is 0.0356. The monoisotopic (exact) mass is 192 g/mol. The Bertz CT molecular complexity index is 109. The standard InChI is InChI=1S/C8H20N2OS/c1-6(4-9)10-7(2)8(5-11)12-3/h6-8,10-11H,4-5,9H2,1-3H3. The molecule has 0 saturated heterocycles. The van der Waals surface area contributed by atoms with Crippen molar-refractivity contribution in [2.24, 2.45) is 5.73 Å². The van der Waals surface area contributed by atoms with E-state index in [1.54, 1.807) is 11.8 Å². The third-order valence-electron chi connectivity index (χ3n) is 1.94. The molecule has 0 aliphatic heterocycles. The maximum atomic E-state index is 8.99. The van der Waals surface area contributed by atoms with E-state index in [-0.39, 0.29) is 11.9 Å². The van der Waals surface area contributed by atoms with E-state index in [4.69, 9.17) is 10.8 Å². The molecule has 0 bridgehead atoms. The van der Waals surface area contributed by atoms with Gasteiger partial charge in [-0.1, -0.05) is 0 Å². The van der Waals surface area contributed by atoms with Crippen LogP contribution in [0.15, 0.2) is 0 Å². The smallest absolute Gasteiger partial charge is 0.0564 e. The summed E-state index contributed by atoms with van der Waals surface area (Å²) in [5.41, 5.74) is 5.47. The van der Waals surface area contributed by atoms with Crippen LogP contribution in [0.25, 0.3) is 0 Å². The Morgan fingerprint density at radius 1 is 1.50 bits per heavy atom. The Labute approximate surface area is 79.1 Å². The van der Waals surface area contributed by atoms with E-state index in [2.05, 4.69) is 12.2 Å². The van der Waals surface area contributed by atoms with E-state index in [1.165, 1.54) is 0 Å². The molecule has 0 aromatic heterocycles. The quantitative estimate of drug-likeness (QED) is 0.556. The summed E-state index contributed by atoms with van der Waals surface area (Å²) >= 11 is 1.68. The van der Waals surface area contributed by atoms with Crippen molar-refractivity contribution in [1.82, 2.24) is 5.32 Å².